The predicted octanol–water partition coefficient (Wildman–Crippen LogP) is 3.63. The molecule has 156 valence electrons. The first kappa shape index (κ1) is 21.6. The zero-order valence-corrected chi connectivity index (χ0v) is 18.0. The lowest BCUT2D eigenvalue weighted by Crippen LogP contribution is -2.33. The number of thioether (sulfide) groups is 1. The van der Waals surface area contributed by atoms with Gasteiger partial charge in [0.1, 0.15) is 6.33 Å². The molecule has 0 spiro atoms. The third kappa shape index (κ3) is 5.70. The normalized spacial score (nSPS) is 12.8. The van der Waals surface area contributed by atoms with Gasteiger partial charge in [0.2, 0.25) is 11.8 Å². The number of aromatic nitrogens is 3. The highest BCUT2D eigenvalue weighted by molar-refractivity contribution is 8.00. The van der Waals surface area contributed by atoms with Crippen LogP contribution < -0.4 is 10.6 Å². The molecule has 1 aromatic heterocycles. The van der Waals surface area contributed by atoms with E-state index in [1.165, 1.54) is 24.2 Å². The zero-order valence-electron chi connectivity index (χ0n) is 17.2. The van der Waals surface area contributed by atoms with Gasteiger partial charge in [-0.05, 0) is 36.6 Å². The van der Waals surface area contributed by atoms with Gasteiger partial charge in [0.25, 0.3) is 0 Å². The molecule has 1 heterocycles. The van der Waals surface area contributed by atoms with Crippen LogP contribution in [0.3, 0.4) is 0 Å². The summed E-state index contributed by atoms with van der Waals surface area (Å²) in [7, 11) is 0. The van der Waals surface area contributed by atoms with Crippen molar-refractivity contribution < 1.29 is 9.59 Å². The Balaban J connectivity index is 1.62. The van der Waals surface area contributed by atoms with Crippen LogP contribution in [0.25, 0.3) is 5.69 Å². The van der Waals surface area contributed by atoms with Crippen LogP contribution in [-0.4, -0.2) is 38.4 Å². The Morgan fingerprint density at radius 2 is 1.87 bits per heavy atom. The Hall–Kier alpha value is -3.13. The van der Waals surface area contributed by atoms with Gasteiger partial charge in [-0.25, -0.2) is 0 Å². The van der Waals surface area contributed by atoms with Crippen molar-refractivity contribution in [3.63, 3.8) is 0 Å². The van der Waals surface area contributed by atoms with Gasteiger partial charge in [0.05, 0.1) is 10.9 Å². The van der Waals surface area contributed by atoms with E-state index in [1.54, 1.807) is 10.9 Å². The van der Waals surface area contributed by atoms with Crippen molar-refractivity contribution >= 4 is 29.3 Å². The largest absolute Gasteiger partial charge is 0.355 e. The Kier molecular flexibility index (Phi) is 7.24. The molecule has 2 N–H and O–H groups in total. The van der Waals surface area contributed by atoms with Crippen molar-refractivity contribution in [2.45, 2.75) is 37.1 Å². The number of carbonyl (C=O) groups is 2. The molecule has 2 amide bonds. The van der Waals surface area contributed by atoms with Gasteiger partial charge in [-0.15, -0.1) is 10.2 Å². The van der Waals surface area contributed by atoms with Gasteiger partial charge in [0.15, 0.2) is 5.16 Å². The van der Waals surface area contributed by atoms with Crippen molar-refractivity contribution in [2.24, 2.45) is 0 Å². The number of nitrogens with one attached hydrogen (secondary N) is 2. The second kappa shape index (κ2) is 10.1. The predicted molar refractivity (Wildman–Crippen MR) is 119 cm³/mol. The number of rotatable bonds is 8. The molecule has 2 aromatic carbocycles. The van der Waals surface area contributed by atoms with Crippen molar-refractivity contribution in [3.8, 4) is 5.69 Å². The zero-order chi connectivity index (χ0) is 21.5. The molecule has 0 radical (unpaired) electrons. The molecule has 2 atom stereocenters. The molecule has 0 aliphatic heterocycles. The maximum Gasteiger partial charge on any atom is 0.233 e. The molecule has 2 unspecified atom stereocenters. The second-order valence-corrected chi connectivity index (χ2v) is 8.34. The smallest absolute Gasteiger partial charge is 0.233 e. The fourth-order valence-corrected chi connectivity index (χ4v) is 3.79. The van der Waals surface area contributed by atoms with E-state index in [4.69, 9.17) is 0 Å². The van der Waals surface area contributed by atoms with E-state index in [9.17, 15) is 9.59 Å². The number of nitrogens with zero attached hydrogens (tertiary/aromatic N) is 3. The fraction of sp³-hybridized carbons (Fsp3) is 0.273. The topological polar surface area (TPSA) is 88.9 Å². The lowest BCUT2D eigenvalue weighted by atomic mass is 10.0. The molecule has 0 fully saturated rings. The summed E-state index contributed by atoms with van der Waals surface area (Å²) in [6.45, 7) is 5.97. The SMILES string of the molecule is CC(=O)Nc1cccc(-n2cnnc2SC(C)C(=O)NCC(C)c2ccccc2)c1. The molecule has 0 bridgehead atoms. The first-order chi connectivity index (χ1) is 14.4. The quantitative estimate of drug-likeness (QED) is 0.540. The standard InChI is InChI=1S/C22H25N5O2S/c1-15(18-8-5-4-6-9-18)13-23-21(29)16(2)30-22-26-24-14-27(22)20-11-7-10-19(12-20)25-17(3)28/h4-12,14-16H,13H2,1-3H3,(H,23,29)(H,25,28). The number of hydrogen-bond acceptors (Lipinski definition) is 5. The van der Waals surface area contributed by atoms with Gasteiger partial charge in [0, 0.05) is 19.2 Å². The molecule has 0 saturated carbocycles. The third-order valence-corrected chi connectivity index (χ3v) is 5.62. The van der Waals surface area contributed by atoms with Gasteiger partial charge < -0.3 is 10.6 Å². The van der Waals surface area contributed by atoms with Gasteiger partial charge in [-0.3, -0.25) is 14.2 Å². The van der Waals surface area contributed by atoms with Crippen molar-refractivity contribution in [1.29, 1.82) is 0 Å². The molecule has 0 aliphatic carbocycles. The Morgan fingerprint density at radius 3 is 2.60 bits per heavy atom. The van der Waals surface area contributed by atoms with Crippen LogP contribution in [0.1, 0.15) is 32.3 Å². The minimum Gasteiger partial charge on any atom is -0.355 e. The first-order valence-electron chi connectivity index (χ1n) is 9.71. The van der Waals surface area contributed by atoms with Crippen LogP contribution in [0.4, 0.5) is 5.69 Å². The van der Waals surface area contributed by atoms with Crippen LogP contribution in [-0.2, 0) is 9.59 Å². The van der Waals surface area contributed by atoms with Crippen LogP contribution in [0.5, 0.6) is 0 Å². The summed E-state index contributed by atoms with van der Waals surface area (Å²) < 4.78 is 1.80. The highest BCUT2D eigenvalue weighted by Crippen LogP contribution is 2.25. The lowest BCUT2D eigenvalue weighted by Gasteiger charge is -2.16. The molecule has 7 nitrogen and oxygen atoms in total. The summed E-state index contributed by atoms with van der Waals surface area (Å²) in [5.74, 6) is 0.0392. The number of anilines is 1. The summed E-state index contributed by atoms with van der Waals surface area (Å²) in [5, 5.41) is 14.2. The molecule has 0 aliphatic rings. The summed E-state index contributed by atoms with van der Waals surface area (Å²) >= 11 is 1.34. The van der Waals surface area contributed by atoms with E-state index in [0.29, 0.717) is 17.4 Å². The van der Waals surface area contributed by atoms with Gasteiger partial charge in [-0.2, -0.15) is 0 Å². The summed E-state index contributed by atoms with van der Waals surface area (Å²) in [4.78, 5) is 23.9. The fourth-order valence-electron chi connectivity index (χ4n) is 2.93. The average molecular weight is 424 g/mol. The van der Waals surface area contributed by atoms with Crippen LogP contribution >= 0.6 is 11.8 Å². The monoisotopic (exact) mass is 423 g/mol. The van der Waals surface area contributed by atoms with Crippen molar-refractivity contribution in [2.75, 3.05) is 11.9 Å². The molecule has 3 rings (SSSR count). The highest BCUT2D eigenvalue weighted by atomic mass is 32.2. The second-order valence-electron chi connectivity index (χ2n) is 7.03. The Morgan fingerprint density at radius 1 is 1.10 bits per heavy atom. The highest BCUT2D eigenvalue weighted by Gasteiger charge is 2.19. The maximum atomic E-state index is 12.6. The first-order valence-corrected chi connectivity index (χ1v) is 10.6. The number of amides is 2. The van der Waals surface area contributed by atoms with Crippen LogP contribution in [0.15, 0.2) is 66.1 Å². The maximum absolute atomic E-state index is 12.6. The number of hydrogen-bond donors (Lipinski definition) is 2. The average Bonchev–Trinajstić information content (AvgIpc) is 3.20. The van der Waals surface area contributed by atoms with E-state index < -0.39 is 0 Å². The number of carbonyl (C=O) groups excluding carboxylic acids is 2. The van der Waals surface area contributed by atoms with E-state index in [1.807, 2.05) is 49.4 Å². The van der Waals surface area contributed by atoms with E-state index in [0.717, 1.165) is 5.69 Å². The van der Waals surface area contributed by atoms with E-state index in [-0.39, 0.29) is 23.0 Å². The lowest BCUT2D eigenvalue weighted by molar-refractivity contribution is -0.120. The molecule has 8 heteroatoms. The van der Waals surface area contributed by atoms with Crippen LogP contribution in [0, 0.1) is 0 Å². The summed E-state index contributed by atoms with van der Waals surface area (Å²) in [5.41, 5.74) is 2.68. The van der Waals surface area contributed by atoms with Crippen molar-refractivity contribution in [3.05, 3.63) is 66.5 Å². The summed E-state index contributed by atoms with van der Waals surface area (Å²) in [6.07, 6.45) is 1.59. The van der Waals surface area contributed by atoms with Crippen molar-refractivity contribution in [1.82, 2.24) is 20.1 Å². The Bertz CT molecular complexity index is 1010. The summed E-state index contributed by atoms with van der Waals surface area (Å²) in [6, 6.07) is 17.5. The number of benzene rings is 2. The molecule has 30 heavy (non-hydrogen) atoms. The minimum absolute atomic E-state index is 0.0515. The molecule has 0 saturated heterocycles. The van der Waals surface area contributed by atoms with Gasteiger partial charge in [-0.1, -0.05) is 55.1 Å². The Labute approximate surface area is 180 Å². The van der Waals surface area contributed by atoms with Gasteiger partial charge >= 0.3 is 0 Å². The van der Waals surface area contributed by atoms with Crippen LogP contribution in [0.2, 0.25) is 0 Å². The third-order valence-electron chi connectivity index (χ3n) is 4.56. The minimum atomic E-state index is -0.338. The van der Waals surface area contributed by atoms with E-state index >= 15 is 0 Å². The molecular weight excluding hydrogens is 398 g/mol. The van der Waals surface area contributed by atoms with E-state index in [2.05, 4.69) is 39.9 Å². The molecular formula is C22H25N5O2S. The molecule has 3 aromatic rings.